The van der Waals surface area contributed by atoms with Gasteiger partial charge in [-0.05, 0) is 73.2 Å². The minimum Gasteiger partial charge on any atom is -0.497 e. The fourth-order valence-electron chi connectivity index (χ4n) is 3.69. The Morgan fingerprint density at radius 3 is 2.29 bits per heavy atom. The predicted octanol–water partition coefficient (Wildman–Crippen LogP) is 4.29. The van der Waals surface area contributed by atoms with Crippen LogP contribution in [0.5, 0.6) is 5.75 Å². The summed E-state index contributed by atoms with van der Waals surface area (Å²) in [5.41, 5.74) is 2.03. The van der Waals surface area contributed by atoms with Gasteiger partial charge in [-0.2, -0.15) is 0 Å². The standard InChI is InChI=1S/C25H26O6/c1-28-19-9-5-17(6-10-19)24(26)30-21-13-14-23(22(15-21)16-3-4-16)31-25(27)18-7-11-20(29-2)12-8-18/h5-11,13-14,16,20-21H,3-4,12,15H2,1-2H3. The molecule has 3 aliphatic carbocycles. The van der Waals surface area contributed by atoms with E-state index in [-0.39, 0.29) is 18.2 Å². The second kappa shape index (κ2) is 9.35. The molecular weight excluding hydrogens is 396 g/mol. The fourth-order valence-corrected chi connectivity index (χ4v) is 3.69. The number of hydrogen-bond acceptors (Lipinski definition) is 6. The highest BCUT2D eigenvalue weighted by molar-refractivity contribution is 5.93. The van der Waals surface area contributed by atoms with E-state index in [1.54, 1.807) is 56.7 Å². The number of hydrogen-bond donors (Lipinski definition) is 0. The van der Waals surface area contributed by atoms with Crippen LogP contribution in [0.1, 0.15) is 36.0 Å². The zero-order valence-corrected chi connectivity index (χ0v) is 17.7. The average molecular weight is 422 g/mol. The van der Waals surface area contributed by atoms with Crippen LogP contribution in [0.15, 0.2) is 71.6 Å². The van der Waals surface area contributed by atoms with Crippen molar-refractivity contribution in [2.75, 3.05) is 14.2 Å². The first-order valence-corrected chi connectivity index (χ1v) is 10.5. The van der Waals surface area contributed by atoms with E-state index in [2.05, 4.69) is 0 Å². The number of ether oxygens (including phenoxy) is 4. The molecule has 162 valence electrons. The lowest BCUT2D eigenvalue weighted by atomic mass is 9.97. The van der Waals surface area contributed by atoms with Crippen molar-refractivity contribution in [2.45, 2.75) is 37.9 Å². The van der Waals surface area contributed by atoms with Crippen LogP contribution >= 0.6 is 0 Å². The van der Waals surface area contributed by atoms with Gasteiger partial charge in [0.2, 0.25) is 0 Å². The molecule has 0 aromatic heterocycles. The third kappa shape index (κ3) is 5.14. The first-order valence-electron chi connectivity index (χ1n) is 10.5. The van der Waals surface area contributed by atoms with E-state index in [0.717, 1.165) is 18.4 Å². The largest absolute Gasteiger partial charge is 0.497 e. The highest BCUT2D eigenvalue weighted by atomic mass is 16.5. The summed E-state index contributed by atoms with van der Waals surface area (Å²) < 4.78 is 21.8. The lowest BCUT2D eigenvalue weighted by Gasteiger charge is -2.23. The predicted molar refractivity (Wildman–Crippen MR) is 114 cm³/mol. The first kappa shape index (κ1) is 21.1. The van der Waals surface area contributed by atoms with Crippen LogP contribution in [0.3, 0.4) is 0 Å². The molecule has 6 heteroatoms. The summed E-state index contributed by atoms with van der Waals surface area (Å²) in [4.78, 5) is 25.1. The molecule has 1 aromatic carbocycles. The minimum atomic E-state index is -0.391. The summed E-state index contributed by atoms with van der Waals surface area (Å²) >= 11 is 0. The van der Waals surface area contributed by atoms with E-state index in [1.807, 2.05) is 12.2 Å². The summed E-state index contributed by atoms with van der Waals surface area (Å²) in [6, 6.07) is 6.81. The summed E-state index contributed by atoms with van der Waals surface area (Å²) in [5.74, 6) is 0.867. The van der Waals surface area contributed by atoms with Crippen molar-refractivity contribution in [3.8, 4) is 5.75 Å². The quantitative estimate of drug-likeness (QED) is 0.611. The van der Waals surface area contributed by atoms with E-state index in [9.17, 15) is 9.59 Å². The Hall–Kier alpha value is -3.12. The van der Waals surface area contributed by atoms with Crippen molar-refractivity contribution in [1.29, 1.82) is 0 Å². The van der Waals surface area contributed by atoms with Gasteiger partial charge in [-0.25, -0.2) is 9.59 Å². The van der Waals surface area contributed by atoms with Crippen LogP contribution in [0.4, 0.5) is 0 Å². The zero-order valence-electron chi connectivity index (χ0n) is 17.7. The molecule has 0 saturated heterocycles. The van der Waals surface area contributed by atoms with Gasteiger partial charge in [-0.3, -0.25) is 0 Å². The van der Waals surface area contributed by atoms with Gasteiger partial charge in [0.1, 0.15) is 17.6 Å². The first-order chi connectivity index (χ1) is 15.1. The Kier molecular flexibility index (Phi) is 6.37. The van der Waals surface area contributed by atoms with Gasteiger partial charge in [0.15, 0.2) is 0 Å². The van der Waals surface area contributed by atoms with Gasteiger partial charge >= 0.3 is 11.9 Å². The van der Waals surface area contributed by atoms with Crippen LogP contribution < -0.4 is 4.74 Å². The molecule has 1 fully saturated rings. The maximum atomic E-state index is 12.6. The van der Waals surface area contributed by atoms with Gasteiger partial charge in [-0.15, -0.1) is 0 Å². The minimum absolute atomic E-state index is 0.00601. The van der Waals surface area contributed by atoms with E-state index in [1.165, 1.54) is 0 Å². The summed E-state index contributed by atoms with van der Waals surface area (Å²) in [6.07, 6.45) is 11.9. The smallest absolute Gasteiger partial charge is 0.343 e. The van der Waals surface area contributed by atoms with Crippen molar-refractivity contribution in [3.63, 3.8) is 0 Å². The molecular formula is C25H26O6. The summed E-state index contributed by atoms with van der Waals surface area (Å²) in [6.45, 7) is 0. The molecule has 6 nitrogen and oxygen atoms in total. The second-order valence-electron chi connectivity index (χ2n) is 7.82. The molecule has 3 aliphatic rings. The number of methoxy groups -OCH3 is 2. The molecule has 0 heterocycles. The molecule has 0 spiro atoms. The molecule has 0 N–H and O–H groups in total. The molecule has 4 rings (SSSR count). The van der Waals surface area contributed by atoms with Gasteiger partial charge in [0.25, 0.3) is 0 Å². The zero-order chi connectivity index (χ0) is 21.8. The van der Waals surface area contributed by atoms with Crippen LogP contribution in [0, 0.1) is 5.92 Å². The summed E-state index contributed by atoms with van der Waals surface area (Å²) in [5, 5.41) is 0. The number of benzene rings is 1. The van der Waals surface area contributed by atoms with E-state index in [0.29, 0.717) is 41.4 Å². The van der Waals surface area contributed by atoms with E-state index < -0.39 is 5.97 Å². The maximum Gasteiger partial charge on any atom is 0.343 e. The molecule has 2 atom stereocenters. The van der Waals surface area contributed by atoms with Gasteiger partial charge in [0, 0.05) is 13.5 Å². The molecule has 0 radical (unpaired) electrons. The Morgan fingerprint density at radius 2 is 1.68 bits per heavy atom. The van der Waals surface area contributed by atoms with E-state index in [4.69, 9.17) is 18.9 Å². The van der Waals surface area contributed by atoms with Crippen molar-refractivity contribution in [2.24, 2.45) is 5.92 Å². The molecule has 0 amide bonds. The SMILES string of the molecule is COc1ccc(C(=O)OC2C=CC(OC(=O)C3=CCC(OC)C=C3)=C(C3CC3)C2)cc1. The van der Waals surface area contributed by atoms with Gasteiger partial charge in [0.05, 0.1) is 24.4 Å². The highest BCUT2D eigenvalue weighted by Gasteiger charge is 2.34. The lowest BCUT2D eigenvalue weighted by Crippen LogP contribution is -2.22. The number of allylic oxidation sites excluding steroid dienone is 1. The number of carbonyl (C=O) groups excluding carboxylic acids is 2. The molecule has 0 aliphatic heterocycles. The molecule has 1 saturated carbocycles. The Balaban J connectivity index is 1.40. The Labute approximate surface area is 181 Å². The molecule has 0 bridgehead atoms. The van der Waals surface area contributed by atoms with Crippen molar-refractivity contribution in [1.82, 2.24) is 0 Å². The maximum absolute atomic E-state index is 12.6. The van der Waals surface area contributed by atoms with Gasteiger partial charge in [-0.1, -0.05) is 12.2 Å². The normalized spacial score (nSPS) is 22.7. The molecule has 2 unspecified atom stereocenters. The second-order valence-corrected chi connectivity index (χ2v) is 7.82. The van der Waals surface area contributed by atoms with E-state index >= 15 is 0 Å². The topological polar surface area (TPSA) is 71.1 Å². The average Bonchev–Trinajstić information content (AvgIpc) is 3.65. The molecule has 31 heavy (non-hydrogen) atoms. The third-order valence-corrected chi connectivity index (χ3v) is 5.66. The monoisotopic (exact) mass is 422 g/mol. The number of esters is 2. The third-order valence-electron chi connectivity index (χ3n) is 5.66. The highest BCUT2D eigenvalue weighted by Crippen LogP contribution is 2.43. The van der Waals surface area contributed by atoms with Crippen LogP contribution in [0.2, 0.25) is 0 Å². The van der Waals surface area contributed by atoms with Crippen molar-refractivity contribution >= 4 is 11.9 Å². The molecule has 1 aromatic rings. The van der Waals surface area contributed by atoms with Crippen molar-refractivity contribution < 1.29 is 28.5 Å². The summed E-state index contributed by atoms with van der Waals surface area (Å²) in [7, 11) is 3.22. The van der Waals surface area contributed by atoms with Crippen LogP contribution in [0.25, 0.3) is 0 Å². The fraction of sp³-hybridized carbons (Fsp3) is 0.360. The number of rotatable bonds is 7. The lowest BCUT2D eigenvalue weighted by molar-refractivity contribution is -0.134. The number of carbonyl (C=O) groups is 2. The van der Waals surface area contributed by atoms with Crippen LogP contribution in [-0.2, 0) is 19.0 Å². The van der Waals surface area contributed by atoms with Crippen LogP contribution in [-0.4, -0.2) is 38.4 Å². The van der Waals surface area contributed by atoms with Crippen molar-refractivity contribution in [3.05, 3.63) is 77.1 Å². The Bertz CT molecular complexity index is 962. The Morgan fingerprint density at radius 1 is 0.935 bits per heavy atom. The van der Waals surface area contributed by atoms with Gasteiger partial charge < -0.3 is 18.9 Å².